The Morgan fingerprint density at radius 2 is 1.81 bits per heavy atom. The van der Waals surface area contributed by atoms with Crippen LogP contribution in [0.3, 0.4) is 0 Å². The fraction of sp³-hybridized carbons (Fsp3) is 0.429. The Morgan fingerprint density at radius 3 is 2.50 bits per heavy atom. The van der Waals surface area contributed by atoms with Gasteiger partial charge in [-0.05, 0) is 55.6 Å². The van der Waals surface area contributed by atoms with Gasteiger partial charge in [-0.25, -0.2) is 8.94 Å². The van der Waals surface area contributed by atoms with Crippen molar-refractivity contribution in [3.05, 3.63) is 71.3 Å². The van der Waals surface area contributed by atoms with Crippen LogP contribution in [-0.4, -0.2) is 80.1 Å². The van der Waals surface area contributed by atoms with Gasteiger partial charge < -0.3 is 15.2 Å². The van der Waals surface area contributed by atoms with Crippen LogP contribution in [0.5, 0.6) is 0 Å². The van der Waals surface area contributed by atoms with Crippen LogP contribution < -0.4 is 0 Å². The maximum Gasteiger partial charge on any atom is 0.416 e. The van der Waals surface area contributed by atoms with Crippen LogP contribution in [0.15, 0.2) is 48.9 Å². The minimum Gasteiger partial charge on any atom is -0.429 e. The van der Waals surface area contributed by atoms with Gasteiger partial charge in [0.1, 0.15) is 0 Å². The predicted molar refractivity (Wildman–Crippen MR) is 148 cm³/mol. The van der Waals surface area contributed by atoms with Gasteiger partial charge in [-0.1, -0.05) is 12.1 Å². The molecule has 0 amide bonds. The highest BCUT2D eigenvalue weighted by Gasteiger charge is 2.32. The maximum absolute atomic E-state index is 13.1. The summed E-state index contributed by atoms with van der Waals surface area (Å²) in [5.74, 6) is 0.301. The van der Waals surface area contributed by atoms with Crippen molar-refractivity contribution in [2.45, 2.75) is 50.6 Å². The number of alkyl halides is 3. The highest BCUT2D eigenvalue weighted by atomic mass is 32.2. The molecule has 1 aromatic carbocycles. The number of aliphatic hydroxyl groups excluding tert-OH is 1. The number of pyridine rings is 1. The zero-order valence-electron chi connectivity index (χ0n) is 22.6. The number of hydrogen-bond acceptors (Lipinski definition) is 6. The van der Waals surface area contributed by atoms with E-state index in [1.807, 2.05) is 6.20 Å². The number of rotatable bonds is 7. The molecule has 5 heterocycles. The van der Waals surface area contributed by atoms with E-state index in [2.05, 4.69) is 15.0 Å². The summed E-state index contributed by atoms with van der Waals surface area (Å²) >= 11 is -2.20. The Bertz CT molecular complexity index is 1550. The molecule has 0 radical (unpaired) electrons. The Hall–Kier alpha value is -3.30. The molecule has 14 heteroatoms. The molecule has 3 N–H and O–H groups in total. The molecular weight excluding hydrogens is 573 g/mol. The number of nitrogens with zero attached hydrogens (tertiary/aromatic N) is 6. The molecule has 2 aromatic rings. The van der Waals surface area contributed by atoms with Gasteiger partial charge in [0.25, 0.3) is 0 Å². The highest BCUT2D eigenvalue weighted by Crippen LogP contribution is 2.37. The largest absolute Gasteiger partial charge is 0.429 e. The summed E-state index contributed by atoms with van der Waals surface area (Å²) < 4.78 is 64.9. The molecule has 0 aliphatic carbocycles. The SMILES string of the molecule is O=S(O)N1CCc2c(c(-c3ccc(C(F)(F)F)cc3)nn2CC(O)CN2CCC(c3cnc4ccn(O)cc3-4)CC2)C1. The van der Waals surface area contributed by atoms with E-state index < -0.39 is 29.1 Å². The maximum atomic E-state index is 13.1. The monoisotopic (exact) mass is 604 g/mol. The molecule has 4 aliphatic rings. The van der Waals surface area contributed by atoms with E-state index in [1.165, 1.54) is 16.4 Å². The summed E-state index contributed by atoms with van der Waals surface area (Å²) in [6.45, 7) is 2.64. The van der Waals surface area contributed by atoms with Gasteiger partial charge in [0.15, 0.2) is 0 Å². The summed E-state index contributed by atoms with van der Waals surface area (Å²) in [6.07, 6.45) is 2.09. The Kier molecular flexibility index (Phi) is 7.83. The number of β-amino-alcohol motifs (C(OH)–C–C–N with tert-alkyl or cyclic N) is 1. The fourth-order valence-electron chi connectivity index (χ4n) is 6.13. The smallest absolute Gasteiger partial charge is 0.416 e. The van der Waals surface area contributed by atoms with Crippen molar-refractivity contribution >= 4 is 11.3 Å². The minimum atomic E-state index is -4.46. The Labute approximate surface area is 242 Å². The number of hydrogen-bond donors (Lipinski definition) is 3. The van der Waals surface area contributed by atoms with Crippen LogP contribution in [0.4, 0.5) is 13.2 Å². The first-order chi connectivity index (χ1) is 20.1. The van der Waals surface area contributed by atoms with E-state index in [-0.39, 0.29) is 13.1 Å². The van der Waals surface area contributed by atoms with Crippen LogP contribution in [0.2, 0.25) is 0 Å². The fourth-order valence-corrected chi connectivity index (χ4v) is 6.62. The molecule has 0 spiro atoms. The summed E-state index contributed by atoms with van der Waals surface area (Å²) in [5, 5.41) is 25.6. The highest BCUT2D eigenvalue weighted by molar-refractivity contribution is 7.76. The van der Waals surface area contributed by atoms with Gasteiger partial charge in [-0.15, -0.1) is 0 Å². The molecule has 42 heavy (non-hydrogen) atoms. The summed E-state index contributed by atoms with van der Waals surface area (Å²) in [6, 6.07) is 6.50. The Morgan fingerprint density at radius 1 is 1.07 bits per heavy atom. The van der Waals surface area contributed by atoms with Gasteiger partial charge in [0, 0.05) is 60.8 Å². The second-order valence-corrected chi connectivity index (χ2v) is 11.9. The third-order valence-corrected chi connectivity index (χ3v) is 9.02. The van der Waals surface area contributed by atoms with Gasteiger partial charge in [-0.3, -0.25) is 14.2 Å². The van der Waals surface area contributed by atoms with E-state index in [0.29, 0.717) is 42.2 Å². The zero-order valence-corrected chi connectivity index (χ0v) is 23.4. The number of aromatic nitrogens is 4. The third-order valence-electron chi connectivity index (χ3n) is 8.26. The molecule has 0 saturated carbocycles. The molecule has 10 nitrogen and oxygen atoms in total. The van der Waals surface area contributed by atoms with Crippen molar-refractivity contribution in [2.24, 2.45) is 0 Å². The zero-order chi connectivity index (χ0) is 29.6. The minimum absolute atomic E-state index is 0.125. The average Bonchev–Trinajstić information content (AvgIpc) is 3.54. The predicted octanol–water partition coefficient (Wildman–Crippen LogP) is 3.84. The second-order valence-electron chi connectivity index (χ2n) is 10.9. The summed E-state index contributed by atoms with van der Waals surface area (Å²) in [4.78, 5) is 6.67. The molecule has 1 aromatic heterocycles. The van der Waals surface area contributed by atoms with E-state index in [4.69, 9.17) is 0 Å². The molecule has 1 saturated heterocycles. The van der Waals surface area contributed by atoms with Crippen molar-refractivity contribution < 1.29 is 32.2 Å². The van der Waals surface area contributed by atoms with Crippen molar-refractivity contribution in [1.29, 1.82) is 0 Å². The third kappa shape index (κ3) is 5.81. The van der Waals surface area contributed by atoms with Crippen molar-refractivity contribution in [3.63, 3.8) is 0 Å². The van der Waals surface area contributed by atoms with Crippen molar-refractivity contribution in [1.82, 2.24) is 28.7 Å². The molecule has 224 valence electrons. The van der Waals surface area contributed by atoms with Gasteiger partial charge in [0.05, 0.1) is 35.8 Å². The number of likely N-dealkylation sites (tertiary alicyclic amines) is 1. The van der Waals surface area contributed by atoms with Gasteiger partial charge in [-0.2, -0.15) is 22.6 Å². The molecule has 2 atom stereocenters. The summed E-state index contributed by atoms with van der Waals surface area (Å²) in [7, 11) is 0. The first kappa shape index (κ1) is 28.8. The number of piperidine rings is 1. The Balaban J connectivity index is 1.14. The number of fused-ring (bicyclic) bond motifs is 2. The van der Waals surface area contributed by atoms with Crippen molar-refractivity contribution in [3.8, 4) is 22.5 Å². The van der Waals surface area contributed by atoms with E-state index in [1.54, 1.807) is 23.1 Å². The molecule has 6 rings (SSSR count). The lowest BCUT2D eigenvalue weighted by atomic mass is 9.88. The number of aliphatic hydroxyl groups is 1. The topological polar surface area (TPSA) is 120 Å². The van der Waals surface area contributed by atoms with Crippen LogP contribution in [-0.2, 0) is 37.0 Å². The first-order valence-electron chi connectivity index (χ1n) is 13.7. The van der Waals surface area contributed by atoms with Gasteiger partial charge >= 0.3 is 6.18 Å². The molecular formula is C28H31F3N6O4S. The van der Waals surface area contributed by atoms with Crippen LogP contribution in [0.25, 0.3) is 22.5 Å². The second kappa shape index (κ2) is 11.4. The normalized spacial score (nSPS) is 18.8. The average molecular weight is 605 g/mol. The number of benzene rings is 1. The molecule has 0 bridgehead atoms. The van der Waals surface area contributed by atoms with E-state index in [0.717, 1.165) is 65.3 Å². The standard InChI is InChI=1S/C28H31F3N6O4S/c29-28(30,31)20-3-1-19(2-4-20)27-24-17-36(42(40)41)12-8-26(24)37(33-27)15-21(38)14-34-9-5-18(6-10-34)22-13-32-25-7-11-35(39)16-23(22)25/h1-4,7,11,13,16,18,21,38-39H,5-6,8-10,12,14-15,17H2,(H,40,41). The van der Waals surface area contributed by atoms with Crippen molar-refractivity contribution in [2.75, 3.05) is 26.2 Å². The lowest BCUT2D eigenvalue weighted by molar-refractivity contribution is -0.137. The molecule has 4 aliphatic heterocycles. The quantitative estimate of drug-likeness (QED) is 0.217. The van der Waals surface area contributed by atoms with E-state index >= 15 is 0 Å². The van der Waals surface area contributed by atoms with Crippen LogP contribution in [0, 0.1) is 0 Å². The first-order valence-corrected chi connectivity index (χ1v) is 14.8. The van der Waals surface area contributed by atoms with Crippen LogP contribution in [0.1, 0.15) is 41.1 Å². The number of halogens is 3. The lowest BCUT2D eigenvalue weighted by Gasteiger charge is -2.33. The van der Waals surface area contributed by atoms with Crippen LogP contribution >= 0.6 is 0 Å². The summed E-state index contributed by atoms with van der Waals surface area (Å²) in [5.41, 5.74) is 4.54. The lowest BCUT2D eigenvalue weighted by Crippen LogP contribution is -2.40. The molecule has 2 unspecified atom stereocenters. The van der Waals surface area contributed by atoms with E-state index in [9.17, 15) is 32.2 Å². The van der Waals surface area contributed by atoms with Gasteiger partial charge in [0.2, 0.25) is 11.3 Å². The molecule has 1 fully saturated rings.